The monoisotopic (exact) mass is 355 g/mol. The normalized spacial score (nSPS) is 13.3. The first-order valence-corrected chi connectivity index (χ1v) is 9.05. The van der Waals surface area contributed by atoms with E-state index in [1.165, 1.54) is 0 Å². The van der Waals surface area contributed by atoms with Crippen LogP contribution < -0.4 is 4.57 Å². The summed E-state index contributed by atoms with van der Waals surface area (Å²) in [6, 6.07) is 18.1. The van der Waals surface area contributed by atoms with Crippen LogP contribution in [0, 0.1) is 6.92 Å². The molecule has 132 valence electrons. The highest BCUT2D eigenvalue weighted by Gasteiger charge is 2.21. The molecule has 0 unspecified atom stereocenters. The number of pyridine rings is 2. The fraction of sp³-hybridized carbons (Fsp3) is 0.167. The van der Waals surface area contributed by atoms with Crippen molar-refractivity contribution in [3.8, 4) is 11.3 Å². The molecule has 3 heteroatoms. The van der Waals surface area contributed by atoms with Crippen LogP contribution in [0.5, 0.6) is 0 Å². The first-order valence-electron chi connectivity index (χ1n) is 10.0. The molecule has 0 atom stereocenters. The number of hydrogen-bond acceptors (Lipinski definition) is 2. The van der Waals surface area contributed by atoms with Crippen molar-refractivity contribution < 1.29 is 11.7 Å². The van der Waals surface area contributed by atoms with E-state index in [9.17, 15) is 0 Å². The summed E-state index contributed by atoms with van der Waals surface area (Å²) in [5.41, 5.74) is 5.91. The van der Waals surface area contributed by atoms with E-state index in [0.717, 1.165) is 44.1 Å². The molecule has 3 nitrogen and oxygen atoms in total. The number of rotatable bonds is 2. The van der Waals surface area contributed by atoms with Gasteiger partial charge in [0.2, 0.25) is 11.4 Å². The van der Waals surface area contributed by atoms with Crippen LogP contribution in [0.1, 0.15) is 20.8 Å². The Morgan fingerprint density at radius 3 is 2.78 bits per heavy atom. The van der Waals surface area contributed by atoms with Gasteiger partial charge in [-0.25, -0.2) is 9.55 Å². The third-order valence-corrected chi connectivity index (χ3v) is 5.24. The standard InChI is InChI=1S/C24H21N2O/c1-4-16-11-12-26(3)21(13-16)22-15(2)9-10-18-19-14-17-7-5-6-8-20(17)25-24(19)27-23(18)22/h5-14H,4H2,1-3H3/q+1/i4D2. The van der Waals surface area contributed by atoms with Crippen molar-refractivity contribution >= 4 is 33.0 Å². The van der Waals surface area contributed by atoms with Gasteiger partial charge in [0.1, 0.15) is 7.05 Å². The van der Waals surface area contributed by atoms with Crippen LogP contribution >= 0.6 is 0 Å². The molecular formula is C24H21N2O+. The lowest BCUT2D eigenvalue weighted by molar-refractivity contribution is -0.660. The second-order valence-electron chi connectivity index (χ2n) is 6.93. The molecule has 0 radical (unpaired) electrons. The fourth-order valence-corrected chi connectivity index (χ4v) is 3.76. The molecule has 0 saturated carbocycles. The molecule has 0 saturated heterocycles. The van der Waals surface area contributed by atoms with E-state index in [-0.39, 0.29) is 0 Å². The van der Waals surface area contributed by atoms with Crippen LogP contribution in [0.4, 0.5) is 0 Å². The number of fused-ring (bicyclic) bond motifs is 4. The minimum absolute atomic E-state index is 0.621. The molecule has 27 heavy (non-hydrogen) atoms. The summed E-state index contributed by atoms with van der Waals surface area (Å²) in [4.78, 5) is 4.73. The van der Waals surface area contributed by atoms with Gasteiger partial charge in [-0.2, -0.15) is 0 Å². The zero-order chi connectivity index (χ0) is 20.3. The summed E-state index contributed by atoms with van der Waals surface area (Å²) in [7, 11) is 1.97. The number of para-hydroxylation sites is 1. The Labute approximate surface area is 160 Å². The van der Waals surface area contributed by atoms with Gasteiger partial charge in [-0.3, -0.25) is 0 Å². The Morgan fingerprint density at radius 2 is 1.93 bits per heavy atom. The zero-order valence-electron chi connectivity index (χ0n) is 17.6. The molecule has 5 aromatic rings. The lowest BCUT2D eigenvalue weighted by Crippen LogP contribution is -2.30. The van der Waals surface area contributed by atoms with E-state index in [4.69, 9.17) is 12.1 Å². The van der Waals surface area contributed by atoms with Gasteiger partial charge in [-0.15, -0.1) is 0 Å². The number of aryl methyl sites for hydroxylation is 3. The number of furan rings is 1. The maximum Gasteiger partial charge on any atom is 0.227 e. The lowest BCUT2D eigenvalue weighted by atomic mass is 9.99. The van der Waals surface area contributed by atoms with Crippen molar-refractivity contribution in [2.75, 3.05) is 0 Å². The van der Waals surface area contributed by atoms with Crippen LogP contribution in [0.15, 0.2) is 65.2 Å². The molecule has 0 aliphatic heterocycles. The Balaban J connectivity index is 1.87. The molecule has 0 amide bonds. The minimum Gasteiger partial charge on any atom is -0.437 e. The van der Waals surface area contributed by atoms with Gasteiger partial charge in [0.15, 0.2) is 11.8 Å². The summed E-state index contributed by atoms with van der Waals surface area (Å²) >= 11 is 0. The van der Waals surface area contributed by atoms with Gasteiger partial charge in [0.25, 0.3) is 0 Å². The summed E-state index contributed by atoms with van der Waals surface area (Å²) in [6.45, 7) is 3.63. The van der Waals surface area contributed by atoms with Crippen molar-refractivity contribution in [3.63, 3.8) is 0 Å². The number of nitrogens with zero attached hydrogens (tertiary/aromatic N) is 2. The second-order valence-corrected chi connectivity index (χ2v) is 6.93. The molecule has 0 N–H and O–H groups in total. The predicted octanol–water partition coefficient (Wildman–Crippen LogP) is 5.50. The lowest BCUT2D eigenvalue weighted by Gasteiger charge is -2.06. The summed E-state index contributed by atoms with van der Waals surface area (Å²) in [5.74, 6) is 0. The summed E-state index contributed by atoms with van der Waals surface area (Å²) in [5, 5.41) is 3.09. The highest BCUT2D eigenvalue weighted by molar-refractivity contribution is 6.11. The van der Waals surface area contributed by atoms with Gasteiger partial charge in [0, 0.05) is 31.0 Å². The Morgan fingerprint density at radius 1 is 1.07 bits per heavy atom. The maximum atomic E-state index is 8.11. The number of benzene rings is 2. The fourth-order valence-electron chi connectivity index (χ4n) is 3.76. The molecule has 0 bridgehead atoms. The van der Waals surface area contributed by atoms with Crippen LogP contribution in [-0.4, -0.2) is 4.98 Å². The molecule has 3 aromatic heterocycles. The van der Waals surface area contributed by atoms with E-state index in [1.807, 2.05) is 48.1 Å². The number of hydrogen-bond donors (Lipinski definition) is 0. The van der Waals surface area contributed by atoms with Gasteiger partial charge < -0.3 is 4.42 Å². The second kappa shape index (κ2) is 5.92. The van der Waals surface area contributed by atoms with E-state index in [0.29, 0.717) is 11.3 Å². The first kappa shape index (κ1) is 13.9. The Bertz CT molecular complexity index is 1410. The van der Waals surface area contributed by atoms with Crippen molar-refractivity contribution in [3.05, 3.63) is 71.9 Å². The van der Waals surface area contributed by atoms with Crippen LogP contribution in [0.25, 0.3) is 44.2 Å². The van der Waals surface area contributed by atoms with Crippen LogP contribution in [-0.2, 0) is 13.4 Å². The van der Waals surface area contributed by atoms with Gasteiger partial charge in [-0.1, -0.05) is 37.3 Å². The highest BCUT2D eigenvalue weighted by Crippen LogP contribution is 2.37. The largest absolute Gasteiger partial charge is 0.437 e. The van der Waals surface area contributed by atoms with Crippen LogP contribution in [0.3, 0.4) is 0 Å². The number of aromatic nitrogens is 2. The van der Waals surface area contributed by atoms with Crippen molar-refractivity contribution in [2.45, 2.75) is 20.2 Å². The predicted molar refractivity (Wildman–Crippen MR) is 110 cm³/mol. The first-order chi connectivity index (χ1) is 13.8. The minimum atomic E-state index is -1.42. The maximum absolute atomic E-state index is 8.11. The van der Waals surface area contributed by atoms with E-state index < -0.39 is 6.37 Å². The summed E-state index contributed by atoms with van der Waals surface area (Å²) < 4.78 is 24.5. The Hall–Kier alpha value is -3.20. The van der Waals surface area contributed by atoms with Gasteiger partial charge in [-0.05, 0) is 36.6 Å². The SMILES string of the molecule is [2H]C([2H])(C)c1cc[n+](C)c(-c2c(C)ccc3c2oc2nc4ccccc4cc23)c1. The highest BCUT2D eigenvalue weighted by atomic mass is 16.3. The molecule has 0 fully saturated rings. The molecule has 5 rings (SSSR count). The molecule has 0 aliphatic carbocycles. The average Bonchev–Trinajstić information content (AvgIpc) is 3.03. The average molecular weight is 355 g/mol. The van der Waals surface area contributed by atoms with Crippen molar-refractivity contribution in [2.24, 2.45) is 7.05 Å². The van der Waals surface area contributed by atoms with Crippen molar-refractivity contribution in [1.29, 1.82) is 0 Å². The smallest absolute Gasteiger partial charge is 0.227 e. The topological polar surface area (TPSA) is 29.9 Å². The molecular weight excluding hydrogens is 332 g/mol. The van der Waals surface area contributed by atoms with E-state index in [1.54, 1.807) is 6.92 Å². The Kier molecular flexibility index (Phi) is 3.05. The van der Waals surface area contributed by atoms with E-state index >= 15 is 0 Å². The van der Waals surface area contributed by atoms with Crippen LogP contribution in [0.2, 0.25) is 0 Å². The van der Waals surface area contributed by atoms with Gasteiger partial charge in [0.05, 0.1) is 11.1 Å². The molecule has 0 spiro atoms. The third kappa shape index (κ3) is 2.42. The molecule has 2 aromatic carbocycles. The van der Waals surface area contributed by atoms with E-state index in [2.05, 4.69) is 31.2 Å². The third-order valence-electron chi connectivity index (χ3n) is 5.24. The quantitative estimate of drug-likeness (QED) is 0.392. The molecule has 0 aliphatic rings. The summed E-state index contributed by atoms with van der Waals surface area (Å²) in [6.07, 6.45) is 0.484. The zero-order valence-corrected chi connectivity index (χ0v) is 15.6. The van der Waals surface area contributed by atoms with Crippen molar-refractivity contribution in [1.82, 2.24) is 4.98 Å². The van der Waals surface area contributed by atoms with Gasteiger partial charge >= 0.3 is 0 Å². The molecule has 3 heterocycles.